The minimum atomic E-state index is -0.606. The summed E-state index contributed by atoms with van der Waals surface area (Å²) in [4.78, 5) is 24.6. The van der Waals surface area contributed by atoms with Crippen LogP contribution in [0.4, 0.5) is 21.2 Å². The number of para-hydroxylation sites is 2. The van der Waals surface area contributed by atoms with E-state index >= 15 is 0 Å². The molecular formula is C20H22N4O3S. The van der Waals surface area contributed by atoms with E-state index in [1.54, 1.807) is 54.6 Å². The fraction of sp³-hybridized carbons (Fsp3) is 0.100. The molecule has 0 fully saturated rings. The number of ether oxygens (including phenoxy) is 1. The van der Waals surface area contributed by atoms with Crippen LogP contribution in [0.2, 0.25) is 0 Å². The highest BCUT2D eigenvalue weighted by Crippen LogP contribution is 2.24. The molecule has 8 heteroatoms. The van der Waals surface area contributed by atoms with Gasteiger partial charge in [0, 0.05) is 6.42 Å². The topological polar surface area (TPSA) is 119 Å². The lowest BCUT2D eigenvalue weighted by atomic mass is 10.2. The number of allylic oxidation sites excluding steroid dienone is 3. The number of nitrogen functional groups attached to an aromatic ring is 1. The number of carbonyl (C=O) groups excluding carboxylic acids is 2. The van der Waals surface area contributed by atoms with Crippen molar-refractivity contribution in [3.8, 4) is 0 Å². The molecule has 0 saturated carbocycles. The normalized spacial score (nSPS) is 11.2. The van der Waals surface area contributed by atoms with Crippen LogP contribution in [-0.4, -0.2) is 18.6 Å². The SMILES string of the molecule is C=C/C=C\C(=C/N)CCOC(=O)Nc1ccc(C(=O)Nc2ccccc2N)s1. The van der Waals surface area contributed by atoms with Crippen LogP contribution in [0.3, 0.4) is 0 Å². The number of amides is 2. The number of nitrogens with one attached hydrogen (secondary N) is 2. The third-order valence-corrected chi connectivity index (χ3v) is 4.55. The highest BCUT2D eigenvalue weighted by molar-refractivity contribution is 7.18. The highest BCUT2D eigenvalue weighted by atomic mass is 32.1. The second-order valence-corrected chi connectivity index (χ2v) is 6.64. The van der Waals surface area contributed by atoms with E-state index in [9.17, 15) is 9.59 Å². The van der Waals surface area contributed by atoms with E-state index in [1.807, 2.05) is 0 Å². The fourth-order valence-corrected chi connectivity index (χ4v) is 2.92. The number of anilines is 3. The predicted molar refractivity (Wildman–Crippen MR) is 114 cm³/mol. The fourth-order valence-electron chi connectivity index (χ4n) is 2.13. The second kappa shape index (κ2) is 10.6. The Labute approximate surface area is 167 Å². The highest BCUT2D eigenvalue weighted by Gasteiger charge is 2.12. The summed E-state index contributed by atoms with van der Waals surface area (Å²) in [6, 6.07) is 10.2. The van der Waals surface area contributed by atoms with Crippen molar-refractivity contribution in [2.45, 2.75) is 6.42 Å². The monoisotopic (exact) mass is 398 g/mol. The summed E-state index contributed by atoms with van der Waals surface area (Å²) in [6.45, 7) is 3.75. The zero-order valence-corrected chi connectivity index (χ0v) is 16.0. The van der Waals surface area contributed by atoms with Crippen molar-refractivity contribution in [1.82, 2.24) is 0 Å². The van der Waals surface area contributed by atoms with Crippen molar-refractivity contribution in [3.63, 3.8) is 0 Å². The van der Waals surface area contributed by atoms with E-state index in [-0.39, 0.29) is 12.5 Å². The van der Waals surface area contributed by atoms with E-state index in [2.05, 4.69) is 17.2 Å². The van der Waals surface area contributed by atoms with Crippen molar-refractivity contribution in [2.24, 2.45) is 5.73 Å². The summed E-state index contributed by atoms with van der Waals surface area (Å²) >= 11 is 1.13. The van der Waals surface area contributed by atoms with Gasteiger partial charge in [-0.15, -0.1) is 11.3 Å². The second-order valence-electron chi connectivity index (χ2n) is 5.55. The van der Waals surface area contributed by atoms with Gasteiger partial charge in [-0.2, -0.15) is 0 Å². The van der Waals surface area contributed by atoms with Crippen molar-refractivity contribution in [2.75, 3.05) is 23.0 Å². The standard InChI is InChI=1S/C20H22N4O3S/c1-2-3-6-14(13-21)11-12-27-20(26)24-18-10-9-17(28-18)19(25)23-16-8-5-4-7-15(16)22/h2-10,13H,1,11-12,21-22H2,(H,23,25)(H,24,26)/b6-3-,14-13+. The quantitative estimate of drug-likeness (QED) is 0.394. The van der Waals surface area contributed by atoms with Crippen LogP contribution in [0.15, 0.2) is 73.0 Å². The van der Waals surface area contributed by atoms with Gasteiger partial charge in [0.05, 0.1) is 27.9 Å². The summed E-state index contributed by atoms with van der Waals surface area (Å²) in [6.07, 6.45) is 6.49. The van der Waals surface area contributed by atoms with Crippen LogP contribution in [0.5, 0.6) is 0 Å². The van der Waals surface area contributed by atoms with Gasteiger partial charge in [-0.25, -0.2) is 4.79 Å². The molecule has 0 aliphatic rings. The Balaban J connectivity index is 1.84. The van der Waals surface area contributed by atoms with Gasteiger partial charge in [0.1, 0.15) is 0 Å². The number of rotatable bonds is 8. The smallest absolute Gasteiger partial charge is 0.412 e. The van der Waals surface area contributed by atoms with Gasteiger partial charge in [0.2, 0.25) is 0 Å². The van der Waals surface area contributed by atoms with E-state index < -0.39 is 6.09 Å². The first-order valence-electron chi connectivity index (χ1n) is 8.43. The van der Waals surface area contributed by atoms with E-state index in [0.29, 0.717) is 27.7 Å². The van der Waals surface area contributed by atoms with Crippen molar-refractivity contribution in [3.05, 3.63) is 77.9 Å². The molecule has 0 aliphatic carbocycles. The van der Waals surface area contributed by atoms with Crippen LogP contribution in [0, 0.1) is 0 Å². The van der Waals surface area contributed by atoms with Crippen LogP contribution >= 0.6 is 11.3 Å². The van der Waals surface area contributed by atoms with Crippen LogP contribution in [0.25, 0.3) is 0 Å². The molecule has 7 nitrogen and oxygen atoms in total. The molecule has 2 rings (SSSR count). The molecule has 2 amide bonds. The van der Waals surface area contributed by atoms with Gasteiger partial charge in [-0.05, 0) is 36.0 Å². The van der Waals surface area contributed by atoms with Gasteiger partial charge >= 0.3 is 6.09 Å². The Kier molecular flexibility index (Phi) is 7.86. The third kappa shape index (κ3) is 6.33. The van der Waals surface area contributed by atoms with Crippen molar-refractivity contribution >= 4 is 39.7 Å². The van der Waals surface area contributed by atoms with E-state index in [0.717, 1.165) is 16.9 Å². The number of hydrogen-bond donors (Lipinski definition) is 4. The number of carbonyl (C=O) groups is 2. The van der Waals surface area contributed by atoms with Gasteiger partial charge in [-0.1, -0.05) is 36.9 Å². The molecule has 1 aromatic carbocycles. The number of thiophene rings is 1. The summed E-state index contributed by atoms with van der Waals surface area (Å²) in [5.41, 5.74) is 13.1. The molecule has 0 radical (unpaired) electrons. The molecule has 6 N–H and O–H groups in total. The zero-order valence-electron chi connectivity index (χ0n) is 15.2. The molecule has 0 saturated heterocycles. The van der Waals surface area contributed by atoms with E-state index in [4.69, 9.17) is 16.2 Å². The van der Waals surface area contributed by atoms with Gasteiger partial charge in [0.15, 0.2) is 0 Å². The van der Waals surface area contributed by atoms with Crippen molar-refractivity contribution in [1.29, 1.82) is 0 Å². The van der Waals surface area contributed by atoms with Gasteiger partial charge in [0.25, 0.3) is 5.91 Å². The Hall–Kier alpha value is -3.52. The first-order chi connectivity index (χ1) is 13.5. The summed E-state index contributed by atoms with van der Waals surface area (Å²) in [7, 11) is 0. The number of hydrogen-bond acceptors (Lipinski definition) is 6. The average Bonchev–Trinajstić information content (AvgIpc) is 3.14. The molecular weight excluding hydrogens is 376 g/mol. The maximum absolute atomic E-state index is 12.3. The van der Waals surface area contributed by atoms with E-state index in [1.165, 1.54) is 6.20 Å². The molecule has 146 valence electrons. The first kappa shape index (κ1) is 20.8. The third-order valence-electron chi connectivity index (χ3n) is 3.55. The van der Waals surface area contributed by atoms with Gasteiger partial charge < -0.3 is 21.5 Å². The molecule has 2 aromatic rings. The molecule has 0 spiro atoms. The molecule has 1 aromatic heterocycles. The largest absolute Gasteiger partial charge is 0.449 e. The maximum atomic E-state index is 12.3. The molecule has 0 aliphatic heterocycles. The molecule has 28 heavy (non-hydrogen) atoms. The lowest BCUT2D eigenvalue weighted by molar-refractivity contribution is 0.103. The lowest BCUT2D eigenvalue weighted by Crippen LogP contribution is -2.14. The van der Waals surface area contributed by atoms with Crippen molar-refractivity contribution < 1.29 is 14.3 Å². The zero-order chi connectivity index (χ0) is 20.4. The predicted octanol–water partition coefficient (Wildman–Crippen LogP) is 4.11. The maximum Gasteiger partial charge on any atom is 0.412 e. The first-order valence-corrected chi connectivity index (χ1v) is 9.24. The Morgan fingerprint density at radius 3 is 2.68 bits per heavy atom. The minimum Gasteiger partial charge on any atom is -0.449 e. The Morgan fingerprint density at radius 1 is 1.18 bits per heavy atom. The van der Waals surface area contributed by atoms with Gasteiger partial charge in [-0.3, -0.25) is 10.1 Å². The number of benzene rings is 1. The van der Waals surface area contributed by atoms with Crippen LogP contribution in [-0.2, 0) is 4.74 Å². The van der Waals surface area contributed by atoms with Crippen LogP contribution < -0.4 is 22.1 Å². The Bertz CT molecular complexity index is 902. The number of nitrogens with two attached hydrogens (primary N) is 2. The Morgan fingerprint density at radius 2 is 1.96 bits per heavy atom. The molecule has 0 atom stereocenters. The lowest BCUT2D eigenvalue weighted by Gasteiger charge is -2.06. The average molecular weight is 398 g/mol. The van der Waals surface area contributed by atoms with Crippen LogP contribution in [0.1, 0.15) is 16.1 Å². The minimum absolute atomic E-state index is 0.169. The molecule has 0 unspecified atom stereocenters. The summed E-state index contributed by atoms with van der Waals surface area (Å²) < 4.78 is 5.12. The summed E-state index contributed by atoms with van der Waals surface area (Å²) in [5.74, 6) is -0.309. The molecule has 1 heterocycles. The summed E-state index contributed by atoms with van der Waals surface area (Å²) in [5, 5.41) is 5.83. The molecule has 0 bridgehead atoms.